The van der Waals surface area contributed by atoms with Crippen LogP contribution in [0.15, 0.2) is 36.5 Å². The first kappa shape index (κ1) is 16.1. The second kappa shape index (κ2) is 6.77. The SMILES string of the molecule is Cc1cc(NC(=O)Cn2ccc3ccc(Cl)cc32)n(CCC#N)n1. The molecule has 2 heterocycles. The first-order chi connectivity index (χ1) is 11.6. The van der Waals surface area contributed by atoms with E-state index in [0.717, 1.165) is 16.6 Å². The van der Waals surface area contributed by atoms with Crippen LogP contribution in [0.5, 0.6) is 0 Å². The molecule has 0 spiro atoms. The van der Waals surface area contributed by atoms with Crippen molar-refractivity contribution in [2.24, 2.45) is 0 Å². The van der Waals surface area contributed by atoms with Crippen LogP contribution in [0.1, 0.15) is 12.1 Å². The minimum atomic E-state index is -0.161. The molecule has 1 N–H and O–H groups in total. The van der Waals surface area contributed by atoms with Crippen molar-refractivity contribution < 1.29 is 4.79 Å². The summed E-state index contributed by atoms with van der Waals surface area (Å²) < 4.78 is 3.49. The van der Waals surface area contributed by atoms with Gasteiger partial charge in [0, 0.05) is 22.8 Å². The van der Waals surface area contributed by atoms with Crippen molar-refractivity contribution in [3.63, 3.8) is 0 Å². The van der Waals surface area contributed by atoms with E-state index in [2.05, 4.69) is 16.5 Å². The van der Waals surface area contributed by atoms with Crippen LogP contribution >= 0.6 is 11.6 Å². The first-order valence-corrected chi connectivity index (χ1v) is 7.90. The van der Waals surface area contributed by atoms with Crippen LogP contribution in [0.2, 0.25) is 5.02 Å². The van der Waals surface area contributed by atoms with Crippen molar-refractivity contribution in [3.05, 3.63) is 47.2 Å². The van der Waals surface area contributed by atoms with Gasteiger partial charge >= 0.3 is 0 Å². The molecule has 0 atom stereocenters. The minimum Gasteiger partial charge on any atom is -0.338 e. The zero-order chi connectivity index (χ0) is 17.1. The van der Waals surface area contributed by atoms with Crippen LogP contribution in [-0.2, 0) is 17.9 Å². The predicted octanol–water partition coefficient (Wildman–Crippen LogP) is 3.35. The zero-order valence-electron chi connectivity index (χ0n) is 13.2. The summed E-state index contributed by atoms with van der Waals surface area (Å²) >= 11 is 6.03. The summed E-state index contributed by atoms with van der Waals surface area (Å²) in [5.74, 6) is 0.438. The van der Waals surface area contributed by atoms with E-state index in [1.54, 1.807) is 10.7 Å². The normalized spacial score (nSPS) is 10.7. The summed E-state index contributed by atoms with van der Waals surface area (Å²) in [5.41, 5.74) is 1.70. The molecular formula is C17H16ClN5O. The Morgan fingerprint density at radius 3 is 3.00 bits per heavy atom. The third kappa shape index (κ3) is 3.42. The highest BCUT2D eigenvalue weighted by molar-refractivity contribution is 6.31. The van der Waals surface area contributed by atoms with Gasteiger partial charge in [-0.1, -0.05) is 17.7 Å². The molecule has 0 aliphatic rings. The third-order valence-electron chi connectivity index (χ3n) is 3.65. The Balaban J connectivity index is 1.76. The number of anilines is 1. The maximum atomic E-state index is 12.4. The maximum Gasteiger partial charge on any atom is 0.245 e. The largest absolute Gasteiger partial charge is 0.338 e. The van der Waals surface area contributed by atoms with Gasteiger partial charge < -0.3 is 9.88 Å². The highest BCUT2D eigenvalue weighted by Gasteiger charge is 2.11. The number of hydrogen-bond acceptors (Lipinski definition) is 3. The fraction of sp³-hybridized carbons (Fsp3) is 0.235. The molecular weight excluding hydrogens is 326 g/mol. The molecule has 6 nitrogen and oxygen atoms in total. The van der Waals surface area contributed by atoms with E-state index in [9.17, 15) is 4.79 Å². The molecule has 24 heavy (non-hydrogen) atoms. The molecule has 0 unspecified atom stereocenters. The summed E-state index contributed by atoms with van der Waals surface area (Å²) in [6.45, 7) is 2.47. The molecule has 0 saturated carbocycles. The third-order valence-corrected chi connectivity index (χ3v) is 3.89. The van der Waals surface area contributed by atoms with Crippen LogP contribution in [0.25, 0.3) is 10.9 Å². The molecule has 3 rings (SSSR count). The number of aryl methyl sites for hydroxylation is 2. The Labute approximate surface area is 144 Å². The Morgan fingerprint density at radius 2 is 2.21 bits per heavy atom. The smallest absolute Gasteiger partial charge is 0.245 e. The van der Waals surface area contributed by atoms with Crippen LogP contribution in [0, 0.1) is 18.3 Å². The van der Waals surface area contributed by atoms with Crippen molar-refractivity contribution in [2.45, 2.75) is 26.4 Å². The number of fused-ring (bicyclic) bond motifs is 1. The van der Waals surface area contributed by atoms with Gasteiger partial charge in [-0.15, -0.1) is 0 Å². The number of aromatic nitrogens is 3. The molecule has 1 amide bonds. The Morgan fingerprint density at radius 1 is 1.38 bits per heavy atom. The number of nitriles is 1. The van der Waals surface area contributed by atoms with Gasteiger partial charge in [-0.25, -0.2) is 4.68 Å². The molecule has 0 fully saturated rings. The maximum absolute atomic E-state index is 12.4. The summed E-state index contributed by atoms with van der Waals surface area (Å²) in [6, 6.07) is 11.4. The lowest BCUT2D eigenvalue weighted by Gasteiger charge is -2.09. The molecule has 7 heteroatoms. The predicted molar refractivity (Wildman–Crippen MR) is 92.8 cm³/mol. The van der Waals surface area contributed by atoms with Gasteiger partial charge in [0.05, 0.1) is 24.7 Å². The second-order valence-electron chi connectivity index (χ2n) is 5.50. The quantitative estimate of drug-likeness (QED) is 0.773. The minimum absolute atomic E-state index is 0.161. The lowest BCUT2D eigenvalue weighted by molar-refractivity contribution is -0.116. The van der Waals surface area contributed by atoms with Crippen molar-refractivity contribution in [2.75, 3.05) is 5.32 Å². The van der Waals surface area contributed by atoms with Crippen molar-refractivity contribution in [1.82, 2.24) is 14.3 Å². The van der Waals surface area contributed by atoms with Crippen molar-refractivity contribution >= 4 is 34.2 Å². The molecule has 0 aliphatic heterocycles. The summed E-state index contributed by atoms with van der Waals surface area (Å²) in [4.78, 5) is 12.4. The number of rotatable bonds is 5. The van der Waals surface area contributed by atoms with E-state index in [-0.39, 0.29) is 12.5 Å². The van der Waals surface area contributed by atoms with E-state index < -0.39 is 0 Å². The topological polar surface area (TPSA) is 75.6 Å². The lowest BCUT2D eigenvalue weighted by Crippen LogP contribution is -2.20. The average molecular weight is 342 g/mol. The molecule has 0 aliphatic carbocycles. The Hall–Kier alpha value is -2.78. The fourth-order valence-electron chi connectivity index (χ4n) is 2.60. The Bertz CT molecular complexity index is 934. The number of carbonyl (C=O) groups is 1. The average Bonchev–Trinajstić information content (AvgIpc) is 3.08. The fourth-order valence-corrected chi connectivity index (χ4v) is 2.77. The second-order valence-corrected chi connectivity index (χ2v) is 5.93. The molecule has 3 aromatic rings. The van der Waals surface area contributed by atoms with Crippen LogP contribution < -0.4 is 5.32 Å². The van der Waals surface area contributed by atoms with E-state index in [4.69, 9.17) is 16.9 Å². The van der Waals surface area contributed by atoms with Gasteiger partial charge in [0.2, 0.25) is 5.91 Å². The van der Waals surface area contributed by atoms with Crippen molar-refractivity contribution in [1.29, 1.82) is 5.26 Å². The summed E-state index contributed by atoms with van der Waals surface area (Å²) in [6.07, 6.45) is 2.20. The molecule has 1 aromatic carbocycles. The van der Waals surface area contributed by atoms with Gasteiger partial charge in [-0.2, -0.15) is 10.4 Å². The molecule has 2 aromatic heterocycles. The lowest BCUT2D eigenvalue weighted by atomic mass is 10.2. The van der Waals surface area contributed by atoms with Crippen LogP contribution in [0.4, 0.5) is 5.82 Å². The number of nitrogens with one attached hydrogen (secondary N) is 1. The molecule has 122 valence electrons. The summed E-state index contributed by atoms with van der Waals surface area (Å²) in [5, 5.41) is 17.5. The number of benzene rings is 1. The number of halogens is 1. The highest BCUT2D eigenvalue weighted by Crippen LogP contribution is 2.20. The van der Waals surface area contributed by atoms with Gasteiger partial charge in [0.1, 0.15) is 12.4 Å². The first-order valence-electron chi connectivity index (χ1n) is 7.52. The molecule has 0 saturated heterocycles. The highest BCUT2D eigenvalue weighted by atomic mass is 35.5. The molecule has 0 radical (unpaired) electrons. The van der Waals surface area contributed by atoms with E-state index >= 15 is 0 Å². The van der Waals surface area contributed by atoms with Crippen molar-refractivity contribution in [3.8, 4) is 6.07 Å². The number of hydrogen-bond donors (Lipinski definition) is 1. The monoisotopic (exact) mass is 341 g/mol. The van der Waals surface area contributed by atoms with Gasteiger partial charge in [0.25, 0.3) is 0 Å². The number of carbonyl (C=O) groups excluding carboxylic acids is 1. The van der Waals surface area contributed by atoms with Crippen LogP contribution in [-0.4, -0.2) is 20.3 Å². The summed E-state index contributed by atoms with van der Waals surface area (Å²) in [7, 11) is 0. The van der Waals surface area contributed by atoms with Gasteiger partial charge in [-0.3, -0.25) is 4.79 Å². The Kier molecular flexibility index (Phi) is 4.54. The van der Waals surface area contributed by atoms with Crippen LogP contribution in [0.3, 0.4) is 0 Å². The number of amides is 1. The van der Waals surface area contributed by atoms with E-state index in [1.165, 1.54) is 0 Å². The molecule has 0 bridgehead atoms. The zero-order valence-corrected chi connectivity index (χ0v) is 13.9. The standard InChI is InChI=1S/C17H16ClN5O/c1-12-9-16(23(21-12)7-2-6-19)20-17(24)11-22-8-5-13-3-4-14(18)10-15(13)22/h3-5,8-10H,2,7,11H2,1H3,(H,20,24). The van der Waals surface area contributed by atoms with Gasteiger partial charge in [-0.05, 0) is 30.5 Å². The number of nitrogens with zero attached hydrogens (tertiary/aromatic N) is 4. The van der Waals surface area contributed by atoms with E-state index in [0.29, 0.717) is 23.8 Å². The van der Waals surface area contributed by atoms with E-state index in [1.807, 2.05) is 42.0 Å². The van der Waals surface area contributed by atoms with Gasteiger partial charge in [0.15, 0.2) is 0 Å².